The van der Waals surface area contributed by atoms with Gasteiger partial charge in [0.05, 0.1) is 5.39 Å². The number of thiophene rings is 1. The molecule has 0 saturated heterocycles. The van der Waals surface area contributed by atoms with Crippen molar-refractivity contribution in [2.24, 2.45) is 0 Å². The van der Waals surface area contributed by atoms with Crippen molar-refractivity contribution in [3.8, 4) is 0 Å². The first-order valence-corrected chi connectivity index (χ1v) is 8.25. The molecule has 0 spiro atoms. The van der Waals surface area contributed by atoms with E-state index in [-0.39, 0.29) is 0 Å². The Morgan fingerprint density at radius 3 is 2.90 bits per heavy atom. The third kappa shape index (κ3) is 2.44. The number of nitrogens with zero attached hydrogens (tertiary/aromatic N) is 3. The van der Waals surface area contributed by atoms with Crippen LogP contribution in [-0.2, 0) is 0 Å². The van der Waals surface area contributed by atoms with Gasteiger partial charge in [0.25, 0.3) is 0 Å². The van der Waals surface area contributed by atoms with Gasteiger partial charge in [-0.25, -0.2) is 9.97 Å². The van der Waals surface area contributed by atoms with E-state index in [9.17, 15) is 0 Å². The van der Waals surface area contributed by atoms with E-state index in [0.717, 1.165) is 17.2 Å². The van der Waals surface area contributed by atoms with Crippen LogP contribution in [-0.4, -0.2) is 22.6 Å². The third-order valence-corrected chi connectivity index (χ3v) is 5.15. The summed E-state index contributed by atoms with van der Waals surface area (Å²) in [7, 11) is 0. The third-order valence-electron chi connectivity index (χ3n) is 4.15. The van der Waals surface area contributed by atoms with E-state index in [1.807, 2.05) is 6.08 Å². The summed E-state index contributed by atoms with van der Waals surface area (Å²) < 4.78 is 0. The van der Waals surface area contributed by atoms with Gasteiger partial charge in [0.1, 0.15) is 17.0 Å². The Morgan fingerprint density at radius 1 is 1.35 bits per heavy atom. The molecule has 1 fully saturated rings. The zero-order valence-electron chi connectivity index (χ0n) is 12.0. The van der Waals surface area contributed by atoms with Crippen LogP contribution in [0.4, 0.5) is 5.82 Å². The second kappa shape index (κ2) is 5.92. The average Bonchev–Trinajstić information content (AvgIpc) is 2.88. The van der Waals surface area contributed by atoms with Crippen LogP contribution in [0.1, 0.15) is 37.7 Å². The summed E-state index contributed by atoms with van der Waals surface area (Å²) in [6.45, 7) is 6.95. The fourth-order valence-electron chi connectivity index (χ4n) is 3.16. The van der Waals surface area contributed by atoms with Gasteiger partial charge in [0.15, 0.2) is 0 Å². The predicted octanol–water partition coefficient (Wildman–Crippen LogP) is 4.32. The van der Waals surface area contributed by atoms with Gasteiger partial charge in [-0.1, -0.05) is 25.3 Å². The number of anilines is 1. The Balaban J connectivity index is 2.04. The van der Waals surface area contributed by atoms with Crippen LogP contribution in [0, 0.1) is 6.92 Å². The zero-order chi connectivity index (χ0) is 13.9. The molecule has 0 bridgehead atoms. The summed E-state index contributed by atoms with van der Waals surface area (Å²) in [6.07, 6.45) is 10.3. The van der Waals surface area contributed by atoms with Crippen LogP contribution in [0.2, 0.25) is 0 Å². The van der Waals surface area contributed by atoms with Gasteiger partial charge in [-0.15, -0.1) is 17.9 Å². The minimum Gasteiger partial charge on any atom is -0.349 e. The molecule has 20 heavy (non-hydrogen) atoms. The zero-order valence-corrected chi connectivity index (χ0v) is 12.8. The van der Waals surface area contributed by atoms with E-state index < -0.39 is 0 Å². The molecule has 0 atom stereocenters. The van der Waals surface area contributed by atoms with Crippen LogP contribution in [0.5, 0.6) is 0 Å². The summed E-state index contributed by atoms with van der Waals surface area (Å²) >= 11 is 1.71. The highest BCUT2D eigenvalue weighted by Crippen LogP contribution is 2.34. The topological polar surface area (TPSA) is 29.0 Å². The van der Waals surface area contributed by atoms with Crippen LogP contribution in [0.3, 0.4) is 0 Å². The number of aromatic nitrogens is 2. The molecule has 2 aromatic heterocycles. The van der Waals surface area contributed by atoms with Gasteiger partial charge < -0.3 is 4.90 Å². The molecule has 2 aromatic rings. The molecule has 1 aliphatic carbocycles. The maximum Gasteiger partial charge on any atom is 0.141 e. The summed E-state index contributed by atoms with van der Waals surface area (Å²) in [4.78, 5) is 12.5. The van der Waals surface area contributed by atoms with Gasteiger partial charge in [0.2, 0.25) is 0 Å². The Labute approximate surface area is 124 Å². The van der Waals surface area contributed by atoms with Crippen molar-refractivity contribution in [3.63, 3.8) is 0 Å². The first-order chi connectivity index (χ1) is 9.81. The monoisotopic (exact) mass is 287 g/mol. The van der Waals surface area contributed by atoms with E-state index in [2.05, 4.69) is 33.8 Å². The van der Waals surface area contributed by atoms with Crippen molar-refractivity contribution in [2.45, 2.75) is 45.1 Å². The largest absolute Gasteiger partial charge is 0.349 e. The van der Waals surface area contributed by atoms with Crippen LogP contribution < -0.4 is 4.90 Å². The Bertz CT molecular complexity index is 599. The van der Waals surface area contributed by atoms with Gasteiger partial charge in [-0.3, -0.25) is 0 Å². The summed E-state index contributed by atoms with van der Waals surface area (Å²) in [5, 5.41) is 3.40. The van der Waals surface area contributed by atoms with Gasteiger partial charge in [-0.05, 0) is 30.7 Å². The number of hydrogen-bond donors (Lipinski definition) is 0. The van der Waals surface area contributed by atoms with E-state index in [4.69, 9.17) is 0 Å². The van der Waals surface area contributed by atoms with Crippen molar-refractivity contribution in [2.75, 3.05) is 11.4 Å². The van der Waals surface area contributed by atoms with Crippen molar-refractivity contribution in [1.29, 1.82) is 0 Å². The molecule has 106 valence electrons. The lowest BCUT2D eigenvalue weighted by Gasteiger charge is -2.35. The lowest BCUT2D eigenvalue weighted by Crippen LogP contribution is -2.37. The number of rotatable bonds is 4. The molecular formula is C16H21N3S. The highest BCUT2D eigenvalue weighted by Gasteiger charge is 2.24. The Hall–Kier alpha value is -1.42. The summed E-state index contributed by atoms with van der Waals surface area (Å²) in [6, 6.07) is 0.596. The maximum absolute atomic E-state index is 4.61. The molecule has 0 aliphatic heterocycles. The van der Waals surface area contributed by atoms with E-state index in [1.54, 1.807) is 17.7 Å². The molecule has 0 N–H and O–H groups in total. The molecule has 4 heteroatoms. The fourth-order valence-corrected chi connectivity index (χ4v) is 4.04. The SMILES string of the molecule is C=CCN(c1ncnc2scc(C)c12)C1CCCCC1. The van der Waals surface area contributed by atoms with Gasteiger partial charge >= 0.3 is 0 Å². The van der Waals surface area contributed by atoms with E-state index >= 15 is 0 Å². The molecule has 3 nitrogen and oxygen atoms in total. The van der Waals surface area contributed by atoms with Crippen molar-refractivity contribution in [1.82, 2.24) is 9.97 Å². The number of fused-ring (bicyclic) bond motifs is 1. The van der Waals surface area contributed by atoms with Gasteiger partial charge in [0, 0.05) is 12.6 Å². The Kier molecular flexibility index (Phi) is 4.01. The molecule has 1 aliphatic rings. The number of aryl methyl sites for hydroxylation is 1. The lowest BCUT2D eigenvalue weighted by molar-refractivity contribution is 0.420. The first kappa shape index (κ1) is 13.6. The molecule has 0 amide bonds. The molecular weight excluding hydrogens is 266 g/mol. The van der Waals surface area contributed by atoms with E-state index in [0.29, 0.717) is 6.04 Å². The fraction of sp³-hybridized carbons (Fsp3) is 0.500. The molecule has 0 aromatic carbocycles. The molecule has 2 heterocycles. The smallest absolute Gasteiger partial charge is 0.141 e. The minimum absolute atomic E-state index is 0.596. The van der Waals surface area contributed by atoms with Gasteiger partial charge in [-0.2, -0.15) is 0 Å². The summed E-state index contributed by atoms with van der Waals surface area (Å²) in [5.41, 5.74) is 1.28. The van der Waals surface area contributed by atoms with E-state index in [1.165, 1.54) is 43.1 Å². The molecule has 3 rings (SSSR count). The highest BCUT2D eigenvalue weighted by molar-refractivity contribution is 7.17. The predicted molar refractivity (Wildman–Crippen MR) is 86.6 cm³/mol. The maximum atomic E-state index is 4.61. The first-order valence-electron chi connectivity index (χ1n) is 7.37. The number of hydrogen-bond acceptors (Lipinski definition) is 4. The normalized spacial score (nSPS) is 16.4. The van der Waals surface area contributed by atoms with Crippen molar-refractivity contribution >= 4 is 27.4 Å². The second-order valence-corrected chi connectivity index (χ2v) is 6.39. The highest BCUT2D eigenvalue weighted by atomic mass is 32.1. The van der Waals surface area contributed by atoms with Crippen molar-refractivity contribution in [3.05, 3.63) is 29.9 Å². The minimum atomic E-state index is 0.596. The second-order valence-electron chi connectivity index (χ2n) is 5.53. The quantitative estimate of drug-likeness (QED) is 0.784. The van der Waals surface area contributed by atoms with Crippen molar-refractivity contribution < 1.29 is 0 Å². The molecule has 0 unspecified atom stereocenters. The summed E-state index contributed by atoms with van der Waals surface area (Å²) in [5.74, 6) is 1.10. The van der Waals surface area contributed by atoms with Crippen LogP contribution in [0.25, 0.3) is 10.2 Å². The standard InChI is InChI=1S/C16H21N3S/c1-3-9-19(13-7-5-4-6-8-13)15-14-12(2)10-20-16(14)18-11-17-15/h3,10-11,13H,1,4-9H2,2H3. The molecule has 1 saturated carbocycles. The lowest BCUT2D eigenvalue weighted by atomic mass is 9.94. The average molecular weight is 287 g/mol. The van der Waals surface area contributed by atoms with Crippen LogP contribution >= 0.6 is 11.3 Å². The Morgan fingerprint density at radius 2 is 2.15 bits per heavy atom. The molecule has 0 radical (unpaired) electrons. The van der Waals surface area contributed by atoms with Crippen LogP contribution in [0.15, 0.2) is 24.4 Å².